The second kappa shape index (κ2) is 7.16. The zero-order valence-electron chi connectivity index (χ0n) is 12.2. The molecular formula is C16H22F3NO. The van der Waals surface area contributed by atoms with E-state index in [4.69, 9.17) is 0 Å². The summed E-state index contributed by atoms with van der Waals surface area (Å²) in [5.74, 6) is 1.36. The number of hydrogen-bond acceptors (Lipinski definition) is 2. The Balaban J connectivity index is 1.73. The fourth-order valence-electron chi connectivity index (χ4n) is 2.97. The molecule has 118 valence electrons. The van der Waals surface area contributed by atoms with Crippen LogP contribution in [-0.2, 0) is 6.54 Å². The molecule has 1 saturated carbocycles. The number of ether oxygens (including phenoxy) is 1. The van der Waals surface area contributed by atoms with Gasteiger partial charge in [0.1, 0.15) is 5.75 Å². The summed E-state index contributed by atoms with van der Waals surface area (Å²) in [5.41, 5.74) is 0.966. The van der Waals surface area contributed by atoms with Gasteiger partial charge < -0.3 is 10.1 Å². The Kier molecular flexibility index (Phi) is 5.51. The minimum atomic E-state index is -4.63. The van der Waals surface area contributed by atoms with Crippen LogP contribution in [0.5, 0.6) is 5.75 Å². The highest BCUT2D eigenvalue weighted by molar-refractivity contribution is 5.27. The summed E-state index contributed by atoms with van der Waals surface area (Å²) in [7, 11) is 0. The SMILES string of the molecule is CC1CCCC(CNCc2ccc(OC(F)(F)F)cc2)C1. The summed E-state index contributed by atoms with van der Waals surface area (Å²) in [4.78, 5) is 0. The van der Waals surface area contributed by atoms with Crippen molar-refractivity contribution in [2.75, 3.05) is 6.54 Å². The topological polar surface area (TPSA) is 21.3 Å². The van der Waals surface area contributed by atoms with Crippen LogP contribution in [0.15, 0.2) is 24.3 Å². The number of alkyl halides is 3. The average Bonchev–Trinajstić information content (AvgIpc) is 2.39. The van der Waals surface area contributed by atoms with E-state index in [-0.39, 0.29) is 5.75 Å². The van der Waals surface area contributed by atoms with E-state index >= 15 is 0 Å². The number of nitrogens with one attached hydrogen (secondary N) is 1. The van der Waals surface area contributed by atoms with E-state index in [1.165, 1.54) is 37.8 Å². The lowest BCUT2D eigenvalue weighted by Gasteiger charge is -2.26. The predicted octanol–water partition coefficient (Wildman–Crippen LogP) is 4.50. The molecule has 0 spiro atoms. The summed E-state index contributed by atoms with van der Waals surface area (Å²) in [5, 5.41) is 3.40. The van der Waals surface area contributed by atoms with Gasteiger partial charge in [0.15, 0.2) is 0 Å². The zero-order chi connectivity index (χ0) is 15.3. The van der Waals surface area contributed by atoms with Gasteiger partial charge in [0.2, 0.25) is 0 Å². The number of benzene rings is 1. The summed E-state index contributed by atoms with van der Waals surface area (Å²) in [6, 6.07) is 6.04. The molecule has 1 aliphatic carbocycles. The molecule has 1 aliphatic rings. The molecule has 21 heavy (non-hydrogen) atoms. The van der Waals surface area contributed by atoms with Crippen molar-refractivity contribution in [2.24, 2.45) is 11.8 Å². The fourth-order valence-corrected chi connectivity index (χ4v) is 2.97. The van der Waals surface area contributed by atoms with Crippen molar-refractivity contribution in [3.63, 3.8) is 0 Å². The van der Waals surface area contributed by atoms with Crippen LogP contribution in [0.4, 0.5) is 13.2 Å². The van der Waals surface area contributed by atoms with Gasteiger partial charge in [-0.1, -0.05) is 31.9 Å². The molecule has 1 aromatic rings. The van der Waals surface area contributed by atoms with Crippen molar-refractivity contribution in [1.82, 2.24) is 5.32 Å². The van der Waals surface area contributed by atoms with Gasteiger partial charge in [0.25, 0.3) is 0 Å². The highest BCUT2D eigenvalue weighted by atomic mass is 19.4. The van der Waals surface area contributed by atoms with Crippen LogP contribution in [0.25, 0.3) is 0 Å². The van der Waals surface area contributed by atoms with E-state index in [9.17, 15) is 13.2 Å². The van der Waals surface area contributed by atoms with Crippen LogP contribution in [0, 0.1) is 11.8 Å². The third kappa shape index (κ3) is 5.96. The molecule has 2 unspecified atom stereocenters. The first-order valence-electron chi connectivity index (χ1n) is 7.48. The molecule has 0 aromatic heterocycles. The standard InChI is InChI=1S/C16H22F3NO/c1-12-3-2-4-14(9-12)11-20-10-13-5-7-15(8-6-13)21-16(17,18)19/h5-8,12,14,20H,2-4,9-11H2,1H3. The van der Waals surface area contributed by atoms with E-state index in [2.05, 4.69) is 17.0 Å². The van der Waals surface area contributed by atoms with Crippen molar-refractivity contribution >= 4 is 0 Å². The lowest BCUT2D eigenvalue weighted by molar-refractivity contribution is -0.274. The molecular weight excluding hydrogens is 279 g/mol. The van der Waals surface area contributed by atoms with E-state index in [0.717, 1.165) is 23.9 Å². The first-order chi connectivity index (χ1) is 9.92. The second-order valence-electron chi connectivity index (χ2n) is 5.96. The van der Waals surface area contributed by atoms with Crippen molar-refractivity contribution in [3.8, 4) is 5.75 Å². The van der Waals surface area contributed by atoms with Crippen molar-refractivity contribution in [1.29, 1.82) is 0 Å². The highest BCUT2D eigenvalue weighted by Crippen LogP contribution is 2.28. The molecule has 0 aliphatic heterocycles. The maximum atomic E-state index is 12.0. The van der Waals surface area contributed by atoms with Crippen LogP contribution in [0.3, 0.4) is 0 Å². The Morgan fingerprint density at radius 2 is 1.90 bits per heavy atom. The Labute approximate surface area is 123 Å². The fraction of sp³-hybridized carbons (Fsp3) is 0.625. The lowest BCUT2D eigenvalue weighted by Crippen LogP contribution is -2.26. The lowest BCUT2D eigenvalue weighted by atomic mass is 9.82. The van der Waals surface area contributed by atoms with E-state index in [1.807, 2.05) is 0 Å². The van der Waals surface area contributed by atoms with Gasteiger partial charge in [-0.05, 0) is 48.9 Å². The molecule has 5 heteroatoms. The Morgan fingerprint density at radius 3 is 2.52 bits per heavy atom. The average molecular weight is 301 g/mol. The number of hydrogen-bond donors (Lipinski definition) is 1. The highest BCUT2D eigenvalue weighted by Gasteiger charge is 2.30. The monoisotopic (exact) mass is 301 g/mol. The Bertz CT molecular complexity index is 430. The summed E-state index contributed by atoms with van der Waals surface area (Å²) in [6.45, 7) is 3.95. The van der Waals surface area contributed by atoms with E-state index in [0.29, 0.717) is 6.54 Å². The maximum absolute atomic E-state index is 12.0. The van der Waals surface area contributed by atoms with Crippen LogP contribution in [0.2, 0.25) is 0 Å². The molecule has 0 heterocycles. The van der Waals surface area contributed by atoms with Crippen LogP contribution in [0.1, 0.15) is 38.2 Å². The van der Waals surface area contributed by atoms with Crippen LogP contribution >= 0.6 is 0 Å². The van der Waals surface area contributed by atoms with Crippen LogP contribution < -0.4 is 10.1 Å². The Morgan fingerprint density at radius 1 is 1.19 bits per heavy atom. The molecule has 1 aromatic carbocycles. The van der Waals surface area contributed by atoms with E-state index < -0.39 is 6.36 Å². The van der Waals surface area contributed by atoms with Crippen LogP contribution in [-0.4, -0.2) is 12.9 Å². The van der Waals surface area contributed by atoms with Gasteiger partial charge in [-0.25, -0.2) is 0 Å². The normalized spacial score (nSPS) is 23.0. The summed E-state index contributed by atoms with van der Waals surface area (Å²) < 4.78 is 40.0. The smallest absolute Gasteiger partial charge is 0.406 e. The summed E-state index contributed by atoms with van der Waals surface area (Å²) >= 11 is 0. The molecule has 2 atom stereocenters. The van der Waals surface area contributed by atoms with Crippen molar-refractivity contribution in [2.45, 2.75) is 45.5 Å². The maximum Gasteiger partial charge on any atom is 0.573 e. The molecule has 0 amide bonds. The Hall–Kier alpha value is -1.23. The van der Waals surface area contributed by atoms with Gasteiger partial charge in [-0.2, -0.15) is 0 Å². The largest absolute Gasteiger partial charge is 0.573 e. The van der Waals surface area contributed by atoms with Gasteiger partial charge >= 0.3 is 6.36 Å². The molecule has 2 nitrogen and oxygen atoms in total. The minimum Gasteiger partial charge on any atom is -0.406 e. The number of halogens is 3. The molecule has 1 fully saturated rings. The molecule has 2 rings (SSSR count). The van der Waals surface area contributed by atoms with E-state index in [1.54, 1.807) is 12.1 Å². The zero-order valence-corrected chi connectivity index (χ0v) is 12.2. The first-order valence-corrected chi connectivity index (χ1v) is 7.48. The quantitative estimate of drug-likeness (QED) is 0.864. The van der Waals surface area contributed by atoms with Gasteiger partial charge in [0, 0.05) is 6.54 Å². The molecule has 1 N–H and O–H groups in total. The van der Waals surface area contributed by atoms with Gasteiger partial charge in [-0.15, -0.1) is 13.2 Å². The van der Waals surface area contributed by atoms with Gasteiger partial charge in [-0.3, -0.25) is 0 Å². The second-order valence-corrected chi connectivity index (χ2v) is 5.96. The minimum absolute atomic E-state index is 0.174. The molecule has 0 saturated heterocycles. The third-order valence-corrected chi connectivity index (χ3v) is 3.96. The predicted molar refractivity (Wildman–Crippen MR) is 76.0 cm³/mol. The third-order valence-electron chi connectivity index (χ3n) is 3.96. The number of rotatable bonds is 5. The van der Waals surface area contributed by atoms with Crippen molar-refractivity contribution in [3.05, 3.63) is 29.8 Å². The molecule has 0 bridgehead atoms. The summed E-state index contributed by atoms with van der Waals surface area (Å²) in [6.07, 6.45) is 0.548. The van der Waals surface area contributed by atoms with Crippen molar-refractivity contribution < 1.29 is 17.9 Å². The molecule has 0 radical (unpaired) electrons. The first kappa shape index (κ1) is 16.1. The van der Waals surface area contributed by atoms with Gasteiger partial charge in [0.05, 0.1) is 0 Å².